The molecule has 2 rings (SSSR count). The summed E-state index contributed by atoms with van der Waals surface area (Å²) in [4.78, 5) is 1.42. The molecule has 1 aromatic carbocycles. The second-order valence-corrected chi connectivity index (χ2v) is 6.03. The predicted molar refractivity (Wildman–Crippen MR) is 86.5 cm³/mol. The highest BCUT2D eigenvalue weighted by molar-refractivity contribution is 7.10. The van der Waals surface area contributed by atoms with Crippen LogP contribution in [-0.2, 0) is 6.54 Å². The number of ether oxygens (including phenoxy) is 1. The summed E-state index contributed by atoms with van der Waals surface area (Å²) in [5.74, 6) is 0.963. The average molecular weight is 289 g/mol. The first kappa shape index (κ1) is 15.1. The monoisotopic (exact) mass is 289 g/mol. The van der Waals surface area contributed by atoms with Crippen LogP contribution in [0, 0.1) is 6.92 Å². The Balaban J connectivity index is 2.07. The van der Waals surface area contributed by atoms with E-state index in [0.717, 1.165) is 18.7 Å². The molecule has 0 fully saturated rings. The molecule has 0 bridgehead atoms. The van der Waals surface area contributed by atoms with Crippen molar-refractivity contribution in [3.63, 3.8) is 0 Å². The Morgan fingerprint density at radius 2 is 2.15 bits per heavy atom. The van der Waals surface area contributed by atoms with Crippen molar-refractivity contribution in [2.75, 3.05) is 7.11 Å². The fraction of sp³-hybridized carbons (Fsp3) is 0.412. The van der Waals surface area contributed by atoms with Crippen molar-refractivity contribution in [3.8, 4) is 5.75 Å². The van der Waals surface area contributed by atoms with Gasteiger partial charge in [-0.15, -0.1) is 11.3 Å². The number of aryl methyl sites for hydroxylation is 1. The van der Waals surface area contributed by atoms with E-state index in [1.165, 1.54) is 22.4 Å². The van der Waals surface area contributed by atoms with E-state index in [2.05, 4.69) is 48.8 Å². The normalized spacial score (nSPS) is 12.3. The van der Waals surface area contributed by atoms with E-state index in [9.17, 15) is 0 Å². The van der Waals surface area contributed by atoms with E-state index >= 15 is 0 Å². The molecule has 1 N–H and O–H groups in total. The molecule has 0 aliphatic rings. The van der Waals surface area contributed by atoms with Crippen molar-refractivity contribution in [2.45, 2.75) is 39.3 Å². The molecule has 1 atom stereocenters. The number of thiophene rings is 1. The Hall–Kier alpha value is -1.32. The Labute approximate surface area is 125 Å². The van der Waals surface area contributed by atoms with Gasteiger partial charge in [0.25, 0.3) is 0 Å². The van der Waals surface area contributed by atoms with Crippen molar-refractivity contribution in [2.24, 2.45) is 0 Å². The molecule has 0 aliphatic carbocycles. The molecule has 108 valence electrons. The number of hydrogen-bond donors (Lipinski definition) is 1. The van der Waals surface area contributed by atoms with Gasteiger partial charge in [0.15, 0.2) is 0 Å². The highest BCUT2D eigenvalue weighted by atomic mass is 32.1. The summed E-state index contributed by atoms with van der Waals surface area (Å²) in [5.41, 5.74) is 2.50. The van der Waals surface area contributed by atoms with Gasteiger partial charge < -0.3 is 10.1 Å². The van der Waals surface area contributed by atoms with Crippen LogP contribution < -0.4 is 10.1 Å². The Bertz CT molecular complexity index is 522. The topological polar surface area (TPSA) is 21.3 Å². The van der Waals surface area contributed by atoms with Gasteiger partial charge in [0.05, 0.1) is 7.11 Å². The maximum atomic E-state index is 5.45. The lowest BCUT2D eigenvalue weighted by Gasteiger charge is -2.18. The van der Waals surface area contributed by atoms with Gasteiger partial charge in [-0.05, 0) is 30.9 Å². The molecule has 0 saturated heterocycles. The molecule has 0 aliphatic heterocycles. The zero-order chi connectivity index (χ0) is 14.4. The minimum atomic E-state index is 0.435. The van der Waals surface area contributed by atoms with Gasteiger partial charge in [-0.1, -0.05) is 37.1 Å². The predicted octanol–water partition coefficient (Wildman–Crippen LogP) is 4.70. The third-order valence-electron chi connectivity index (χ3n) is 3.44. The van der Waals surface area contributed by atoms with Crippen molar-refractivity contribution in [3.05, 3.63) is 51.7 Å². The summed E-state index contributed by atoms with van der Waals surface area (Å²) in [6, 6.07) is 11.1. The Kier molecular flexibility index (Phi) is 5.62. The van der Waals surface area contributed by atoms with Crippen molar-refractivity contribution >= 4 is 11.3 Å². The van der Waals surface area contributed by atoms with Gasteiger partial charge in [0.2, 0.25) is 0 Å². The summed E-state index contributed by atoms with van der Waals surface area (Å²) < 4.78 is 5.45. The van der Waals surface area contributed by atoms with Gasteiger partial charge in [-0.25, -0.2) is 0 Å². The largest absolute Gasteiger partial charge is 0.496 e. The van der Waals surface area contributed by atoms with Gasteiger partial charge >= 0.3 is 0 Å². The van der Waals surface area contributed by atoms with Gasteiger partial charge in [0, 0.05) is 23.0 Å². The highest BCUT2D eigenvalue weighted by Gasteiger charge is 2.12. The lowest BCUT2D eigenvalue weighted by molar-refractivity contribution is 0.404. The van der Waals surface area contributed by atoms with Gasteiger partial charge in [0.1, 0.15) is 5.75 Å². The van der Waals surface area contributed by atoms with E-state index in [1.54, 1.807) is 7.11 Å². The van der Waals surface area contributed by atoms with Crippen LogP contribution in [0.3, 0.4) is 0 Å². The minimum Gasteiger partial charge on any atom is -0.496 e. The zero-order valence-electron chi connectivity index (χ0n) is 12.5. The SMILES string of the molecule is CCCC(NCc1cc(C)ccc1OC)c1cccs1. The fourth-order valence-electron chi connectivity index (χ4n) is 2.40. The van der Waals surface area contributed by atoms with Crippen LogP contribution in [0.5, 0.6) is 5.75 Å². The fourth-order valence-corrected chi connectivity index (χ4v) is 3.24. The number of methoxy groups -OCH3 is 1. The van der Waals surface area contributed by atoms with Crippen LogP contribution in [0.4, 0.5) is 0 Å². The second kappa shape index (κ2) is 7.46. The summed E-state index contributed by atoms with van der Waals surface area (Å²) >= 11 is 1.83. The first-order chi connectivity index (χ1) is 9.74. The molecular weight excluding hydrogens is 266 g/mol. The highest BCUT2D eigenvalue weighted by Crippen LogP contribution is 2.25. The zero-order valence-corrected chi connectivity index (χ0v) is 13.3. The maximum Gasteiger partial charge on any atom is 0.123 e. The van der Waals surface area contributed by atoms with Crippen molar-refractivity contribution < 1.29 is 4.74 Å². The van der Waals surface area contributed by atoms with Crippen LogP contribution >= 0.6 is 11.3 Å². The van der Waals surface area contributed by atoms with Crippen LogP contribution in [-0.4, -0.2) is 7.11 Å². The molecule has 2 nitrogen and oxygen atoms in total. The number of benzene rings is 1. The maximum absolute atomic E-state index is 5.45. The third-order valence-corrected chi connectivity index (χ3v) is 4.42. The first-order valence-corrected chi connectivity index (χ1v) is 8.03. The van der Waals surface area contributed by atoms with Crippen LogP contribution in [0.25, 0.3) is 0 Å². The van der Waals surface area contributed by atoms with Crippen LogP contribution in [0.1, 0.15) is 41.8 Å². The molecule has 0 radical (unpaired) electrons. The number of hydrogen-bond acceptors (Lipinski definition) is 3. The van der Waals surface area contributed by atoms with Crippen LogP contribution in [0.15, 0.2) is 35.7 Å². The molecule has 0 spiro atoms. The Morgan fingerprint density at radius 1 is 1.30 bits per heavy atom. The summed E-state index contributed by atoms with van der Waals surface area (Å²) in [6.07, 6.45) is 2.34. The summed E-state index contributed by atoms with van der Waals surface area (Å²) in [7, 11) is 1.73. The lowest BCUT2D eigenvalue weighted by Crippen LogP contribution is -2.20. The minimum absolute atomic E-state index is 0.435. The third kappa shape index (κ3) is 3.84. The second-order valence-electron chi connectivity index (χ2n) is 5.05. The molecule has 20 heavy (non-hydrogen) atoms. The molecule has 2 aromatic rings. The summed E-state index contributed by atoms with van der Waals surface area (Å²) in [6.45, 7) is 5.19. The number of rotatable bonds is 7. The lowest BCUT2D eigenvalue weighted by atomic mass is 10.1. The molecule has 1 unspecified atom stereocenters. The van der Waals surface area contributed by atoms with E-state index in [4.69, 9.17) is 4.74 Å². The van der Waals surface area contributed by atoms with Crippen molar-refractivity contribution in [1.82, 2.24) is 5.32 Å². The molecular formula is C17H23NOS. The van der Waals surface area contributed by atoms with E-state index in [0.29, 0.717) is 6.04 Å². The van der Waals surface area contributed by atoms with Crippen LogP contribution in [0.2, 0.25) is 0 Å². The van der Waals surface area contributed by atoms with Crippen molar-refractivity contribution in [1.29, 1.82) is 0 Å². The first-order valence-electron chi connectivity index (χ1n) is 7.15. The number of nitrogens with one attached hydrogen (secondary N) is 1. The molecule has 0 saturated carbocycles. The van der Waals surface area contributed by atoms with E-state index < -0.39 is 0 Å². The average Bonchev–Trinajstić information content (AvgIpc) is 2.97. The Morgan fingerprint density at radius 3 is 2.80 bits per heavy atom. The van der Waals surface area contributed by atoms with E-state index in [1.807, 2.05) is 17.4 Å². The smallest absolute Gasteiger partial charge is 0.123 e. The summed E-state index contributed by atoms with van der Waals surface area (Å²) in [5, 5.41) is 5.82. The van der Waals surface area contributed by atoms with E-state index in [-0.39, 0.29) is 0 Å². The van der Waals surface area contributed by atoms with Gasteiger partial charge in [-0.2, -0.15) is 0 Å². The molecule has 1 aromatic heterocycles. The molecule has 3 heteroatoms. The molecule has 1 heterocycles. The standard InChI is InChI=1S/C17H23NOS/c1-4-6-15(17-7-5-10-20-17)18-12-14-11-13(2)8-9-16(14)19-3/h5,7-11,15,18H,4,6,12H2,1-3H3. The quantitative estimate of drug-likeness (QED) is 0.798. The molecule has 0 amide bonds. The van der Waals surface area contributed by atoms with Gasteiger partial charge in [-0.3, -0.25) is 0 Å².